The lowest BCUT2D eigenvalue weighted by molar-refractivity contribution is 0.0554. The zero-order valence-corrected chi connectivity index (χ0v) is 12.5. The van der Waals surface area contributed by atoms with E-state index in [0.29, 0.717) is 13.1 Å². The molecule has 2 aliphatic rings. The van der Waals surface area contributed by atoms with E-state index in [1.165, 1.54) is 12.5 Å². The number of hydrogen-bond acceptors (Lipinski definition) is 6. The van der Waals surface area contributed by atoms with Crippen LogP contribution in [0.5, 0.6) is 0 Å². The summed E-state index contributed by atoms with van der Waals surface area (Å²) < 4.78 is 25.2. The molecule has 21 heavy (non-hydrogen) atoms. The number of carbonyl (C=O) groups is 1. The Morgan fingerprint density at radius 1 is 1.38 bits per heavy atom. The minimum atomic E-state index is -3.02. The number of nitrogens with zero attached hydrogens (tertiary/aromatic N) is 4. The third-order valence-corrected chi connectivity index (χ3v) is 6.08. The molecule has 2 heterocycles. The lowest BCUT2D eigenvalue weighted by Gasteiger charge is -2.44. The Morgan fingerprint density at radius 2 is 2.10 bits per heavy atom. The van der Waals surface area contributed by atoms with E-state index < -0.39 is 15.8 Å². The van der Waals surface area contributed by atoms with E-state index in [1.54, 1.807) is 4.68 Å². The van der Waals surface area contributed by atoms with E-state index in [-0.39, 0.29) is 23.0 Å². The second kappa shape index (κ2) is 5.06. The smallest absolute Gasteiger partial charge is 0.358 e. The highest BCUT2D eigenvalue weighted by atomic mass is 32.2. The van der Waals surface area contributed by atoms with E-state index >= 15 is 0 Å². The largest absolute Gasteiger partial charge is 0.476 e. The Balaban J connectivity index is 1.64. The molecule has 116 valence electrons. The van der Waals surface area contributed by atoms with Crippen molar-refractivity contribution < 1.29 is 18.3 Å². The lowest BCUT2D eigenvalue weighted by atomic mass is 10.0. The van der Waals surface area contributed by atoms with Crippen LogP contribution >= 0.6 is 0 Å². The van der Waals surface area contributed by atoms with Crippen LogP contribution in [0.4, 0.5) is 0 Å². The molecule has 0 radical (unpaired) electrons. The number of rotatable bonds is 4. The second-order valence-electron chi connectivity index (χ2n) is 5.86. The Labute approximate surface area is 122 Å². The average Bonchev–Trinajstić information content (AvgIpc) is 2.94. The van der Waals surface area contributed by atoms with Gasteiger partial charge in [0.25, 0.3) is 0 Å². The summed E-state index contributed by atoms with van der Waals surface area (Å²) in [5, 5.41) is 16.0. The van der Waals surface area contributed by atoms with Crippen molar-refractivity contribution >= 4 is 15.8 Å². The molecule has 2 fully saturated rings. The maximum absolute atomic E-state index is 11.8. The molecule has 2 unspecified atom stereocenters. The van der Waals surface area contributed by atoms with Crippen molar-refractivity contribution in [1.29, 1.82) is 0 Å². The van der Waals surface area contributed by atoms with Crippen LogP contribution in [0.15, 0.2) is 6.20 Å². The molecule has 1 aromatic rings. The van der Waals surface area contributed by atoms with Crippen LogP contribution in [0.2, 0.25) is 0 Å². The fourth-order valence-electron chi connectivity index (χ4n) is 3.30. The lowest BCUT2D eigenvalue weighted by Crippen LogP contribution is -2.56. The number of aromatic nitrogens is 3. The molecule has 1 aromatic heterocycles. The number of hydrogen-bond donors (Lipinski definition) is 1. The van der Waals surface area contributed by atoms with Crippen LogP contribution < -0.4 is 0 Å². The number of sulfone groups is 1. The SMILES string of the molecule is CS(=O)(=O)C1CCCC1N1CC(n2cc(C(=O)O)nn2)C1. The zero-order chi connectivity index (χ0) is 15.2. The second-order valence-corrected chi connectivity index (χ2v) is 8.13. The first-order chi connectivity index (χ1) is 9.86. The summed E-state index contributed by atoms with van der Waals surface area (Å²) in [6.07, 6.45) is 5.31. The summed E-state index contributed by atoms with van der Waals surface area (Å²) in [6.45, 7) is 1.39. The summed E-state index contributed by atoms with van der Waals surface area (Å²) in [7, 11) is -3.02. The van der Waals surface area contributed by atoms with Gasteiger partial charge in [-0.25, -0.2) is 17.9 Å². The van der Waals surface area contributed by atoms with Crippen molar-refractivity contribution in [2.45, 2.75) is 36.6 Å². The predicted molar refractivity (Wildman–Crippen MR) is 73.9 cm³/mol. The Kier molecular flexibility index (Phi) is 3.48. The molecule has 0 bridgehead atoms. The van der Waals surface area contributed by atoms with Crippen molar-refractivity contribution in [3.05, 3.63) is 11.9 Å². The molecule has 2 atom stereocenters. The minimum Gasteiger partial charge on any atom is -0.476 e. The molecular weight excluding hydrogens is 296 g/mol. The molecule has 1 aliphatic heterocycles. The summed E-state index contributed by atoms with van der Waals surface area (Å²) >= 11 is 0. The molecule has 0 aromatic carbocycles. The number of carboxylic acid groups (broad SMARTS) is 1. The van der Waals surface area contributed by atoms with E-state index in [4.69, 9.17) is 5.11 Å². The van der Waals surface area contributed by atoms with Gasteiger partial charge in [0.05, 0.1) is 17.5 Å². The van der Waals surface area contributed by atoms with Crippen molar-refractivity contribution in [2.75, 3.05) is 19.3 Å². The highest BCUT2D eigenvalue weighted by Gasteiger charge is 2.43. The van der Waals surface area contributed by atoms with Crippen LogP contribution in [0.25, 0.3) is 0 Å². The Hall–Kier alpha value is -1.48. The maximum Gasteiger partial charge on any atom is 0.358 e. The van der Waals surface area contributed by atoms with Crippen molar-refractivity contribution in [3.63, 3.8) is 0 Å². The monoisotopic (exact) mass is 314 g/mol. The first-order valence-electron chi connectivity index (χ1n) is 6.94. The van der Waals surface area contributed by atoms with Crippen LogP contribution in [0, 0.1) is 0 Å². The van der Waals surface area contributed by atoms with Crippen molar-refractivity contribution in [1.82, 2.24) is 19.9 Å². The standard InChI is InChI=1S/C12H18N4O4S/c1-21(19,20)11-4-2-3-10(11)15-5-8(6-15)16-7-9(12(17)18)13-14-16/h7-8,10-11H,2-6H2,1H3,(H,17,18). The summed E-state index contributed by atoms with van der Waals surface area (Å²) in [4.78, 5) is 12.9. The summed E-state index contributed by atoms with van der Waals surface area (Å²) in [6, 6.07) is 0.158. The number of likely N-dealkylation sites (tertiary alicyclic amines) is 1. The van der Waals surface area contributed by atoms with Crippen molar-refractivity contribution in [3.8, 4) is 0 Å². The normalized spacial score (nSPS) is 27.7. The van der Waals surface area contributed by atoms with Gasteiger partial charge in [-0.2, -0.15) is 0 Å². The predicted octanol–water partition coefficient (Wildman–Crippen LogP) is -0.201. The molecule has 9 heteroatoms. The Bertz CT molecular complexity index is 650. The molecular formula is C12H18N4O4S. The van der Waals surface area contributed by atoms with Crippen LogP contribution in [0.1, 0.15) is 35.8 Å². The quantitative estimate of drug-likeness (QED) is 0.820. The van der Waals surface area contributed by atoms with Gasteiger partial charge in [-0.3, -0.25) is 4.90 Å². The van der Waals surface area contributed by atoms with Gasteiger partial charge in [0.2, 0.25) is 0 Å². The van der Waals surface area contributed by atoms with Gasteiger partial charge in [0, 0.05) is 25.4 Å². The molecule has 8 nitrogen and oxygen atoms in total. The van der Waals surface area contributed by atoms with Crippen molar-refractivity contribution in [2.24, 2.45) is 0 Å². The highest BCUT2D eigenvalue weighted by Crippen LogP contribution is 2.34. The molecule has 1 saturated heterocycles. The molecule has 1 N–H and O–H groups in total. The summed E-state index contributed by atoms with van der Waals surface area (Å²) in [5.41, 5.74) is -0.0664. The van der Waals surface area contributed by atoms with Gasteiger partial charge >= 0.3 is 5.97 Å². The molecule has 1 aliphatic carbocycles. The maximum atomic E-state index is 11.8. The third kappa shape index (κ3) is 2.67. The van der Waals surface area contributed by atoms with Gasteiger partial charge in [0.1, 0.15) is 0 Å². The highest BCUT2D eigenvalue weighted by molar-refractivity contribution is 7.91. The average molecular weight is 314 g/mol. The van der Waals surface area contributed by atoms with Gasteiger partial charge in [-0.1, -0.05) is 11.6 Å². The van der Waals surface area contributed by atoms with Crippen LogP contribution in [0.3, 0.4) is 0 Å². The van der Waals surface area contributed by atoms with Gasteiger partial charge in [-0.05, 0) is 12.8 Å². The third-order valence-electron chi connectivity index (χ3n) is 4.43. The topological polar surface area (TPSA) is 105 Å². The van der Waals surface area contributed by atoms with Gasteiger partial charge < -0.3 is 5.11 Å². The van der Waals surface area contributed by atoms with Gasteiger partial charge in [0.15, 0.2) is 15.5 Å². The first kappa shape index (κ1) is 14.5. The fraction of sp³-hybridized carbons (Fsp3) is 0.750. The Morgan fingerprint density at radius 3 is 2.67 bits per heavy atom. The summed E-state index contributed by atoms with van der Waals surface area (Å²) in [5.74, 6) is -1.09. The van der Waals surface area contributed by atoms with E-state index in [9.17, 15) is 13.2 Å². The molecule has 0 spiro atoms. The molecule has 1 saturated carbocycles. The van der Waals surface area contributed by atoms with Crippen LogP contribution in [-0.4, -0.2) is 70.0 Å². The molecule has 3 rings (SSSR count). The van der Waals surface area contributed by atoms with E-state index in [0.717, 1.165) is 19.3 Å². The first-order valence-corrected chi connectivity index (χ1v) is 8.90. The molecule has 0 amide bonds. The zero-order valence-electron chi connectivity index (χ0n) is 11.7. The minimum absolute atomic E-state index is 0.0664. The number of aromatic carboxylic acids is 1. The van der Waals surface area contributed by atoms with E-state index in [1.807, 2.05) is 0 Å². The van der Waals surface area contributed by atoms with E-state index in [2.05, 4.69) is 15.2 Å². The fourth-order valence-corrected chi connectivity index (χ4v) is 4.78. The van der Waals surface area contributed by atoms with Crippen LogP contribution in [-0.2, 0) is 9.84 Å². The van der Waals surface area contributed by atoms with Gasteiger partial charge in [-0.15, -0.1) is 5.10 Å². The number of carboxylic acids is 1.